The number of nitrogens with zero attached hydrogens (tertiary/aromatic N) is 3. The second-order valence-corrected chi connectivity index (χ2v) is 5.38. The zero-order chi connectivity index (χ0) is 12.5. The van der Waals surface area contributed by atoms with Gasteiger partial charge in [0.1, 0.15) is 0 Å². The van der Waals surface area contributed by atoms with Crippen molar-refractivity contribution < 1.29 is 9.32 Å². The summed E-state index contributed by atoms with van der Waals surface area (Å²) in [4.78, 5) is 19.1. The molecule has 0 saturated carbocycles. The highest BCUT2D eigenvalue weighted by Crippen LogP contribution is 2.27. The number of aryl methyl sites for hydroxylation is 1. The first-order valence-electron chi connectivity index (χ1n) is 5.85. The van der Waals surface area contributed by atoms with Gasteiger partial charge in [0, 0.05) is 19.0 Å². The smallest absolute Gasteiger partial charge is 0.264 e. The van der Waals surface area contributed by atoms with Crippen LogP contribution in [-0.2, 0) is 0 Å². The lowest BCUT2D eigenvalue weighted by atomic mass is 10.1. The highest BCUT2D eigenvalue weighted by Gasteiger charge is 2.31. The van der Waals surface area contributed by atoms with Crippen LogP contribution in [0.15, 0.2) is 22.4 Å². The molecule has 2 aromatic rings. The van der Waals surface area contributed by atoms with E-state index >= 15 is 0 Å². The van der Waals surface area contributed by atoms with Crippen LogP contribution in [0.3, 0.4) is 0 Å². The molecule has 1 atom stereocenters. The molecule has 5 nitrogen and oxygen atoms in total. The third kappa shape index (κ3) is 1.92. The summed E-state index contributed by atoms with van der Waals surface area (Å²) in [5.74, 6) is 1.02. The number of amides is 1. The van der Waals surface area contributed by atoms with Crippen molar-refractivity contribution >= 4 is 17.2 Å². The van der Waals surface area contributed by atoms with Gasteiger partial charge in [0.25, 0.3) is 5.91 Å². The number of hydrogen-bond donors (Lipinski definition) is 0. The quantitative estimate of drug-likeness (QED) is 0.832. The lowest BCUT2D eigenvalue weighted by Gasteiger charge is -2.15. The topological polar surface area (TPSA) is 59.2 Å². The molecule has 1 aliphatic heterocycles. The monoisotopic (exact) mass is 263 g/mol. The van der Waals surface area contributed by atoms with Crippen molar-refractivity contribution in [3.63, 3.8) is 0 Å². The lowest BCUT2D eigenvalue weighted by molar-refractivity contribution is 0.0794. The molecule has 6 heteroatoms. The van der Waals surface area contributed by atoms with Gasteiger partial charge in [-0.1, -0.05) is 5.16 Å². The first kappa shape index (κ1) is 11.4. The Labute approximate surface area is 108 Å². The summed E-state index contributed by atoms with van der Waals surface area (Å²) in [5, 5.41) is 5.80. The Bertz CT molecular complexity index is 549. The number of thiophene rings is 1. The van der Waals surface area contributed by atoms with E-state index in [1.54, 1.807) is 0 Å². The molecule has 1 amide bonds. The second-order valence-electron chi connectivity index (χ2n) is 4.46. The minimum absolute atomic E-state index is 0.119. The number of hydrogen-bond acceptors (Lipinski definition) is 5. The maximum absolute atomic E-state index is 12.3. The lowest BCUT2D eigenvalue weighted by Crippen LogP contribution is -2.28. The van der Waals surface area contributed by atoms with Gasteiger partial charge >= 0.3 is 0 Å². The molecule has 18 heavy (non-hydrogen) atoms. The van der Waals surface area contributed by atoms with E-state index in [4.69, 9.17) is 4.52 Å². The molecule has 2 aromatic heterocycles. The normalized spacial score (nSPS) is 19.4. The van der Waals surface area contributed by atoms with Gasteiger partial charge in [-0.2, -0.15) is 4.98 Å². The fourth-order valence-electron chi connectivity index (χ4n) is 2.25. The second kappa shape index (κ2) is 4.53. The predicted molar refractivity (Wildman–Crippen MR) is 66.6 cm³/mol. The van der Waals surface area contributed by atoms with E-state index in [1.807, 2.05) is 23.3 Å². The Morgan fingerprint density at radius 3 is 3.17 bits per heavy atom. The van der Waals surface area contributed by atoms with Gasteiger partial charge in [0.15, 0.2) is 5.82 Å². The largest absolute Gasteiger partial charge is 0.343 e. The van der Waals surface area contributed by atoms with Crippen LogP contribution in [0.2, 0.25) is 0 Å². The van der Waals surface area contributed by atoms with Crippen molar-refractivity contribution in [3.05, 3.63) is 34.1 Å². The van der Waals surface area contributed by atoms with E-state index in [0.717, 1.165) is 23.4 Å². The summed E-state index contributed by atoms with van der Waals surface area (Å²) in [5.41, 5.74) is 1.05. The van der Waals surface area contributed by atoms with E-state index < -0.39 is 0 Å². The molecule has 1 saturated heterocycles. The Kier molecular flexibility index (Phi) is 2.87. The van der Waals surface area contributed by atoms with Gasteiger partial charge in [-0.15, -0.1) is 11.3 Å². The van der Waals surface area contributed by atoms with Crippen LogP contribution in [0.5, 0.6) is 0 Å². The Morgan fingerprint density at radius 1 is 1.61 bits per heavy atom. The maximum atomic E-state index is 12.3. The van der Waals surface area contributed by atoms with E-state index in [-0.39, 0.29) is 11.8 Å². The van der Waals surface area contributed by atoms with E-state index in [2.05, 4.69) is 10.1 Å². The summed E-state index contributed by atoms with van der Waals surface area (Å²) < 4.78 is 4.75. The molecular weight excluding hydrogens is 250 g/mol. The first-order chi connectivity index (χ1) is 8.75. The molecule has 0 aromatic carbocycles. The molecular formula is C12H13N3O2S. The standard InChI is InChI=1S/C12H13N3O2S/c1-8-3-5-18-10(8)12(16)15-4-2-9(6-15)11-13-7-17-14-11/h3,5,7,9H,2,4,6H2,1H3. The fraction of sp³-hybridized carbons (Fsp3) is 0.417. The first-order valence-corrected chi connectivity index (χ1v) is 6.73. The Balaban J connectivity index is 1.73. The van der Waals surface area contributed by atoms with Gasteiger partial charge in [-0.05, 0) is 30.4 Å². The highest BCUT2D eigenvalue weighted by molar-refractivity contribution is 7.12. The minimum atomic E-state index is 0.119. The van der Waals surface area contributed by atoms with Crippen molar-refractivity contribution in [2.45, 2.75) is 19.3 Å². The average molecular weight is 263 g/mol. The third-order valence-electron chi connectivity index (χ3n) is 3.28. The van der Waals surface area contributed by atoms with E-state index in [1.165, 1.54) is 17.7 Å². The molecule has 94 valence electrons. The summed E-state index contributed by atoms with van der Waals surface area (Å²) >= 11 is 1.50. The Hall–Kier alpha value is -1.69. The maximum Gasteiger partial charge on any atom is 0.264 e. The molecule has 0 spiro atoms. The summed E-state index contributed by atoms with van der Waals surface area (Å²) in [6, 6.07) is 1.98. The van der Waals surface area contributed by atoms with Gasteiger partial charge in [-0.25, -0.2) is 0 Å². The predicted octanol–water partition coefficient (Wildman–Crippen LogP) is 2.07. The molecule has 0 radical (unpaired) electrons. The highest BCUT2D eigenvalue weighted by atomic mass is 32.1. The zero-order valence-corrected chi connectivity index (χ0v) is 10.8. The molecule has 1 unspecified atom stereocenters. The van der Waals surface area contributed by atoms with Gasteiger partial charge in [0.05, 0.1) is 4.88 Å². The minimum Gasteiger partial charge on any atom is -0.343 e. The summed E-state index contributed by atoms with van der Waals surface area (Å²) in [6.07, 6.45) is 2.24. The number of carbonyl (C=O) groups is 1. The van der Waals surface area contributed by atoms with E-state index in [9.17, 15) is 4.79 Å². The van der Waals surface area contributed by atoms with Crippen molar-refractivity contribution in [2.75, 3.05) is 13.1 Å². The molecule has 3 rings (SSSR count). The van der Waals surface area contributed by atoms with Crippen molar-refractivity contribution in [2.24, 2.45) is 0 Å². The summed E-state index contributed by atoms with van der Waals surface area (Å²) in [6.45, 7) is 3.40. The average Bonchev–Trinajstić information content (AvgIpc) is 3.09. The molecule has 1 aliphatic rings. The zero-order valence-electron chi connectivity index (χ0n) is 10.00. The number of aromatic nitrogens is 2. The van der Waals surface area contributed by atoms with Crippen LogP contribution in [0.4, 0.5) is 0 Å². The molecule has 0 bridgehead atoms. The van der Waals surface area contributed by atoms with E-state index in [0.29, 0.717) is 12.4 Å². The van der Waals surface area contributed by atoms with Crippen LogP contribution < -0.4 is 0 Å². The Morgan fingerprint density at radius 2 is 2.50 bits per heavy atom. The third-order valence-corrected chi connectivity index (χ3v) is 4.28. The molecule has 1 fully saturated rings. The molecule has 3 heterocycles. The SMILES string of the molecule is Cc1ccsc1C(=O)N1CCC(c2ncon2)C1. The van der Waals surface area contributed by atoms with Crippen molar-refractivity contribution in [3.8, 4) is 0 Å². The number of carbonyl (C=O) groups excluding carboxylic acids is 1. The van der Waals surface area contributed by atoms with Crippen molar-refractivity contribution in [1.82, 2.24) is 15.0 Å². The number of rotatable bonds is 2. The number of likely N-dealkylation sites (tertiary alicyclic amines) is 1. The van der Waals surface area contributed by atoms with Crippen LogP contribution in [-0.4, -0.2) is 34.0 Å². The molecule has 0 N–H and O–H groups in total. The van der Waals surface area contributed by atoms with Gasteiger partial charge in [0.2, 0.25) is 6.39 Å². The fourth-order valence-corrected chi connectivity index (χ4v) is 3.14. The van der Waals surface area contributed by atoms with Gasteiger partial charge in [-0.3, -0.25) is 4.79 Å². The van der Waals surface area contributed by atoms with Gasteiger partial charge < -0.3 is 9.42 Å². The van der Waals surface area contributed by atoms with Crippen molar-refractivity contribution in [1.29, 1.82) is 0 Å². The summed E-state index contributed by atoms with van der Waals surface area (Å²) in [7, 11) is 0. The molecule has 0 aliphatic carbocycles. The van der Waals surface area contributed by atoms with Crippen LogP contribution in [0, 0.1) is 6.92 Å². The van der Waals surface area contributed by atoms with Crippen LogP contribution in [0.1, 0.15) is 33.4 Å². The van der Waals surface area contributed by atoms with Crippen LogP contribution in [0.25, 0.3) is 0 Å². The van der Waals surface area contributed by atoms with Crippen LogP contribution >= 0.6 is 11.3 Å².